The molecule has 1 amide bonds. The third-order valence-corrected chi connectivity index (χ3v) is 4.82. The highest BCUT2D eigenvalue weighted by Crippen LogP contribution is 2.19. The molecule has 0 spiro atoms. The molecule has 0 atom stereocenters. The van der Waals surface area contributed by atoms with Gasteiger partial charge in [-0.15, -0.1) is 0 Å². The van der Waals surface area contributed by atoms with E-state index < -0.39 is 5.91 Å². The van der Waals surface area contributed by atoms with Crippen molar-refractivity contribution in [1.82, 2.24) is 9.78 Å². The minimum absolute atomic E-state index is 0.0529. The number of nitrogens with zero attached hydrogens (tertiary/aromatic N) is 2. The number of hydrogen-bond acceptors (Lipinski definition) is 4. The van der Waals surface area contributed by atoms with Gasteiger partial charge < -0.3 is 9.73 Å². The minimum Gasteiger partial charge on any atom is -0.451 e. The molecule has 0 saturated carbocycles. The van der Waals surface area contributed by atoms with E-state index in [1.165, 1.54) is 11.6 Å². The zero-order valence-electron chi connectivity index (χ0n) is 15.0. The highest BCUT2D eigenvalue weighted by molar-refractivity contribution is 9.10. The van der Waals surface area contributed by atoms with Gasteiger partial charge in [0, 0.05) is 16.6 Å². The lowest BCUT2D eigenvalue weighted by Crippen LogP contribution is -2.18. The van der Waals surface area contributed by atoms with Crippen molar-refractivity contribution in [2.24, 2.45) is 0 Å². The molecule has 4 aromatic rings. The number of aryl methyl sites for hydroxylation is 1. The van der Waals surface area contributed by atoms with Crippen molar-refractivity contribution in [1.29, 1.82) is 0 Å². The highest BCUT2D eigenvalue weighted by Gasteiger charge is 2.15. The van der Waals surface area contributed by atoms with Gasteiger partial charge in [-0.2, -0.15) is 5.10 Å². The first-order chi connectivity index (χ1) is 13.5. The third kappa shape index (κ3) is 3.75. The van der Waals surface area contributed by atoms with Crippen LogP contribution in [0.5, 0.6) is 0 Å². The van der Waals surface area contributed by atoms with Gasteiger partial charge in [0.15, 0.2) is 11.2 Å². The number of fused-ring (bicyclic) bond motifs is 1. The summed E-state index contributed by atoms with van der Waals surface area (Å²) in [4.78, 5) is 24.9. The lowest BCUT2D eigenvalue weighted by molar-refractivity contribution is 0.0996. The van der Waals surface area contributed by atoms with Crippen molar-refractivity contribution in [3.63, 3.8) is 0 Å². The molecule has 0 bridgehead atoms. The number of carbonyl (C=O) groups excluding carboxylic acids is 1. The predicted octanol–water partition coefficient (Wildman–Crippen LogP) is 4.36. The smallest absolute Gasteiger partial charge is 0.292 e. The summed E-state index contributed by atoms with van der Waals surface area (Å²) in [6.07, 6.45) is 1.61. The maximum Gasteiger partial charge on any atom is 0.292 e. The fourth-order valence-corrected chi connectivity index (χ4v) is 3.21. The van der Waals surface area contributed by atoms with E-state index in [0.29, 0.717) is 23.3 Å². The van der Waals surface area contributed by atoms with E-state index in [2.05, 4.69) is 26.3 Å². The molecule has 0 aliphatic carbocycles. The number of amides is 1. The molecular weight excluding hydrogens is 422 g/mol. The first kappa shape index (κ1) is 18.2. The van der Waals surface area contributed by atoms with E-state index in [-0.39, 0.29) is 11.2 Å². The van der Waals surface area contributed by atoms with Gasteiger partial charge in [-0.3, -0.25) is 9.59 Å². The molecule has 1 N–H and O–H groups in total. The Bertz CT molecular complexity index is 1230. The average molecular weight is 438 g/mol. The van der Waals surface area contributed by atoms with Crippen molar-refractivity contribution in [3.8, 4) is 0 Å². The summed E-state index contributed by atoms with van der Waals surface area (Å²) in [5.41, 5.74) is 2.32. The molecule has 28 heavy (non-hydrogen) atoms. The SMILES string of the molecule is Cc1ccc(Cn2nccc2NC(=O)c2cc(=O)c3cc(Br)ccc3o2)cc1. The van der Waals surface area contributed by atoms with Gasteiger partial charge in [0.2, 0.25) is 0 Å². The van der Waals surface area contributed by atoms with E-state index in [4.69, 9.17) is 4.42 Å². The second kappa shape index (κ2) is 7.44. The van der Waals surface area contributed by atoms with Crippen LogP contribution in [0.1, 0.15) is 21.7 Å². The second-order valence-corrected chi connectivity index (χ2v) is 7.34. The first-order valence-electron chi connectivity index (χ1n) is 8.62. The van der Waals surface area contributed by atoms with E-state index in [1.54, 1.807) is 35.1 Å². The van der Waals surface area contributed by atoms with Crippen LogP contribution in [0.25, 0.3) is 11.0 Å². The van der Waals surface area contributed by atoms with Gasteiger partial charge in [-0.25, -0.2) is 4.68 Å². The molecule has 2 aromatic heterocycles. The van der Waals surface area contributed by atoms with Crippen LogP contribution >= 0.6 is 15.9 Å². The van der Waals surface area contributed by atoms with Crippen LogP contribution in [-0.4, -0.2) is 15.7 Å². The molecule has 2 heterocycles. The highest BCUT2D eigenvalue weighted by atomic mass is 79.9. The molecule has 2 aromatic carbocycles. The Kier molecular flexibility index (Phi) is 4.83. The van der Waals surface area contributed by atoms with Gasteiger partial charge in [0.25, 0.3) is 5.91 Å². The molecule has 0 radical (unpaired) electrons. The summed E-state index contributed by atoms with van der Waals surface area (Å²) < 4.78 is 8.06. The normalized spacial score (nSPS) is 10.9. The summed E-state index contributed by atoms with van der Waals surface area (Å²) in [6.45, 7) is 2.54. The molecule has 0 aliphatic rings. The van der Waals surface area contributed by atoms with Crippen molar-refractivity contribution in [2.45, 2.75) is 13.5 Å². The largest absolute Gasteiger partial charge is 0.451 e. The molecule has 0 fully saturated rings. The summed E-state index contributed by atoms with van der Waals surface area (Å²) in [5, 5.41) is 7.44. The van der Waals surface area contributed by atoms with Gasteiger partial charge >= 0.3 is 0 Å². The second-order valence-electron chi connectivity index (χ2n) is 6.43. The maximum absolute atomic E-state index is 12.6. The summed E-state index contributed by atoms with van der Waals surface area (Å²) in [6, 6.07) is 16.1. The lowest BCUT2D eigenvalue weighted by Gasteiger charge is -2.09. The molecule has 6 nitrogen and oxygen atoms in total. The summed E-state index contributed by atoms with van der Waals surface area (Å²) in [5.74, 6) is -0.0420. The zero-order chi connectivity index (χ0) is 19.7. The molecule has 140 valence electrons. The lowest BCUT2D eigenvalue weighted by atomic mass is 10.1. The number of anilines is 1. The van der Waals surface area contributed by atoms with Crippen LogP contribution in [0, 0.1) is 6.92 Å². The van der Waals surface area contributed by atoms with Crippen molar-refractivity contribution >= 4 is 38.6 Å². The van der Waals surface area contributed by atoms with E-state index in [9.17, 15) is 9.59 Å². The molecule has 7 heteroatoms. The summed E-state index contributed by atoms with van der Waals surface area (Å²) in [7, 11) is 0. The molecule has 0 saturated heterocycles. The maximum atomic E-state index is 12.6. The average Bonchev–Trinajstić information content (AvgIpc) is 3.10. The number of hydrogen-bond donors (Lipinski definition) is 1. The van der Waals surface area contributed by atoms with Crippen molar-refractivity contribution < 1.29 is 9.21 Å². The predicted molar refractivity (Wildman–Crippen MR) is 111 cm³/mol. The van der Waals surface area contributed by atoms with Crippen molar-refractivity contribution in [3.05, 3.63) is 92.4 Å². The number of benzene rings is 2. The van der Waals surface area contributed by atoms with Crippen molar-refractivity contribution in [2.75, 3.05) is 5.32 Å². The Hall–Kier alpha value is -3.19. The first-order valence-corrected chi connectivity index (χ1v) is 9.41. The monoisotopic (exact) mass is 437 g/mol. The van der Waals surface area contributed by atoms with Crippen LogP contribution in [0.2, 0.25) is 0 Å². The Balaban J connectivity index is 1.58. The zero-order valence-corrected chi connectivity index (χ0v) is 16.6. The molecule has 0 unspecified atom stereocenters. The van der Waals surface area contributed by atoms with Crippen LogP contribution in [0.4, 0.5) is 5.82 Å². The Morgan fingerprint density at radius 3 is 2.71 bits per heavy atom. The van der Waals surface area contributed by atoms with Crippen LogP contribution in [0.15, 0.2) is 74.5 Å². The Morgan fingerprint density at radius 1 is 1.14 bits per heavy atom. The fourth-order valence-electron chi connectivity index (χ4n) is 2.85. The van der Waals surface area contributed by atoms with E-state index >= 15 is 0 Å². The van der Waals surface area contributed by atoms with Gasteiger partial charge in [-0.1, -0.05) is 45.8 Å². The van der Waals surface area contributed by atoms with E-state index in [0.717, 1.165) is 10.0 Å². The number of carbonyl (C=O) groups is 1. The van der Waals surface area contributed by atoms with Crippen LogP contribution < -0.4 is 10.7 Å². The van der Waals surface area contributed by atoms with Gasteiger partial charge in [0.1, 0.15) is 11.4 Å². The topological polar surface area (TPSA) is 77.1 Å². The van der Waals surface area contributed by atoms with Crippen LogP contribution in [-0.2, 0) is 6.54 Å². The number of aromatic nitrogens is 2. The Morgan fingerprint density at radius 2 is 1.93 bits per heavy atom. The van der Waals surface area contributed by atoms with Gasteiger partial charge in [-0.05, 0) is 30.7 Å². The minimum atomic E-state index is -0.507. The molecule has 0 aliphatic heterocycles. The number of nitrogens with one attached hydrogen (secondary N) is 1. The van der Waals surface area contributed by atoms with Gasteiger partial charge in [0.05, 0.1) is 18.1 Å². The third-order valence-electron chi connectivity index (χ3n) is 4.32. The number of rotatable bonds is 4. The van der Waals surface area contributed by atoms with E-state index in [1.807, 2.05) is 31.2 Å². The Labute approximate surface area is 168 Å². The summed E-state index contributed by atoms with van der Waals surface area (Å²) >= 11 is 3.32. The molecular formula is C21H16BrN3O3. The fraction of sp³-hybridized carbons (Fsp3) is 0.0952. The molecule has 4 rings (SSSR count). The standard InChI is InChI=1S/C21H16BrN3O3/c1-13-2-4-14(5-3-13)12-25-20(8-9-23-25)24-21(27)19-11-17(26)16-10-15(22)6-7-18(16)28-19/h2-11H,12H2,1H3,(H,24,27). The quantitative estimate of drug-likeness (QED) is 0.514. The number of halogens is 1. The van der Waals surface area contributed by atoms with Crippen LogP contribution in [0.3, 0.4) is 0 Å².